The molecule has 1 saturated carbocycles. The van der Waals surface area contributed by atoms with Crippen molar-refractivity contribution in [3.05, 3.63) is 0 Å². The third-order valence-corrected chi connectivity index (χ3v) is 5.47. The molecule has 2 aliphatic rings. The number of amides is 1. The van der Waals surface area contributed by atoms with Crippen LogP contribution in [0.1, 0.15) is 65.2 Å². The molecule has 20 heavy (non-hydrogen) atoms. The highest BCUT2D eigenvalue weighted by molar-refractivity contribution is 5.86. The van der Waals surface area contributed by atoms with Crippen LogP contribution in [0.25, 0.3) is 0 Å². The summed E-state index contributed by atoms with van der Waals surface area (Å²) in [6.07, 6.45) is 7.78. The Morgan fingerprint density at radius 3 is 2.50 bits per heavy atom. The zero-order valence-electron chi connectivity index (χ0n) is 13.0. The Kier molecular flexibility index (Phi) is 5.08. The molecular formula is C16H30N2O2. The predicted molar refractivity (Wildman–Crippen MR) is 80.5 cm³/mol. The molecule has 1 saturated heterocycles. The highest BCUT2D eigenvalue weighted by Gasteiger charge is 2.40. The lowest BCUT2D eigenvalue weighted by molar-refractivity contribution is -0.129. The second-order valence-corrected chi connectivity index (χ2v) is 6.72. The first kappa shape index (κ1) is 15.8. The summed E-state index contributed by atoms with van der Waals surface area (Å²) in [6, 6.07) is 0. The van der Waals surface area contributed by atoms with E-state index in [2.05, 4.69) is 24.5 Å². The minimum atomic E-state index is -0.686. The summed E-state index contributed by atoms with van der Waals surface area (Å²) >= 11 is 0. The molecule has 1 aliphatic heterocycles. The van der Waals surface area contributed by atoms with Crippen molar-refractivity contribution in [1.82, 2.24) is 10.6 Å². The third-order valence-electron chi connectivity index (χ3n) is 5.47. The fraction of sp³-hybridized carbons (Fsp3) is 0.938. The van der Waals surface area contributed by atoms with Crippen LogP contribution in [-0.4, -0.2) is 35.2 Å². The van der Waals surface area contributed by atoms with E-state index in [-0.39, 0.29) is 5.91 Å². The SMILES string of the molecule is CCC1CCC(O)(CNC(=O)C2(CC)CCCN2)CC1. The van der Waals surface area contributed by atoms with Gasteiger partial charge in [-0.15, -0.1) is 0 Å². The summed E-state index contributed by atoms with van der Waals surface area (Å²) in [5, 5.41) is 16.9. The van der Waals surface area contributed by atoms with Crippen LogP contribution in [0.3, 0.4) is 0 Å². The van der Waals surface area contributed by atoms with Gasteiger partial charge in [-0.25, -0.2) is 0 Å². The van der Waals surface area contributed by atoms with Crippen LogP contribution < -0.4 is 10.6 Å². The van der Waals surface area contributed by atoms with Gasteiger partial charge in [0, 0.05) is 6.54 Å². The van der Waals surface area contributed by atoms with E-state index in [0.29, 0.717) is 6.54 Å². The van der Waals surface area contributed by atoms with Crippen LogP contribution in [0.4, 0.5) is 0 Å². The summed E-state index contributed by atoms with van der Waals surface area (Å²) in [6.45, 7) is 5.60. The maximum Gasteiger partial charge on any atom is 0.240 e. The minimum absolute atomic E-state index is 0.0727. The first-order chi connectivity index (χ1) is 9.53. The van der Waals surface area contributed by atoms with E-state index < -0.39 is 11.1 Å². The summed E-state index contributed by atoms with van der Waals surface area (Å²) in [5.74, 6) is 0.827. The van der Waals surface area contributed by atoms with Gasteiger partial charge >= 0.3 is 0 Å². The lowest BCUT2D eigenvalue weighted by Crippen LogP contribution is -2.56. The summed E-state index contributed by atoms with van der Waals surface area (Å²) < 4.78 is 0. The highest BCUT2D eigenvalue weighted by Crippen LogP contribution is 2.33. The van der Waals surface area contributed by atoms with Crippen LogP contribution >= 0.6 is 0 Å². The van der Waals surface area contributed by atoms with E-state index in [1.54, 1.807) is 0 Å². The van der Waals surface area contributed by atoms with Gasteiger partial charge in [-0.05, 0) is 57.4 Å². The van der Waals surface area contributed by atoms with E-state index >= 15 is 0 Å². The monoisotopic (exact) mass is 282 g/mol. The third kappa shape index (κ3) is 3.34. The zero-order chi connectivity index (χ0) is 14.6. The normalized spacial score (nSPS) is 37.9. The van der Waals surface area contributed by atoms with E-state index in [9.17, 15) is 9.90 Å². The molecule has 1 amide bonds. The van der Waals surface area contributed by atoms with Gasteiger partial charge in [0.25, 0.3) is 0 Å². The van der Waals surface area contributed by atoms with Crippen molar-refractivity contribution >= 4 is 5.91 Å². The molecule has 1 heterocycles. The van der Waals surface area contributed by atoms with Gasteiger partial charge in [0.2, 0.25) is 5.91 Å². The molecule has 0 aromatic heterocycles. The molecule has 1 atom stereocenters. The van der Waals surface area contributed by atoms with Crippen molar-refractivity contribution in [3.63, 3.8) is 0 Å². The fourth-order valence-electron chi connectivity index (χ4n) is 3.68. The lowest BCUT2D eigenvalue weighted by atomic mass is 9.77. The van der Waals surface area contributed by atoms with E-state index in [1.165, 1.54) is 6.42 Å². The van der Waals surface area contributed by atoms with Crippen LogP contribution in [-0.2, 0) is 4.79 Å². The largest absolute Gasteiger partial charge is 0.388 e. The Balaban J connectivity index is 1.84. The maximum atomic E-state index is 12.4. The molecule has 0 spiro atoms. The lowest BCUT2D eigenvalue weighted by Gasteiger charge is -2.37. The molecule has 4 nitrogen and oxygen atoms in total. The molecule has 0 bridgehead atoms. The second-order valence-electron chi connectivity index (χ2n) is 6.72. The van der Waals surface area contributed by atoms with Gasteiger partial charge in [-0.3, -0.25) is 4.79 Å². The topological polar surface area (TPSA) is 61.4 Å². The Labute approximate surface area is 122 Å². The smallest absolute Gasteiger partial charge is 0.240 e. The Morgan fingerprint density at radius 1 is 1.30 bits per heavy atom. The van der Waals surface area contributed by atoms with Gasteiger partial charge in [-0.1, -0.05) is 20.3 Å². The first-order valence-corrected chi connectivity index (χ1v) is 8.29. The maximum absolute atomic E-state index is 12.4. The van der Waals surface area contributed by atoms with Crippen molar-refractivity contribution in [1.29, 1.82) is 0 Å². The van der Waals surface area contributed by atoms with Crippen LogP contribution in [0, 0.1) is 5.92 Å². The molecule has 2 rings (SSSR count). The molecule has 1 unspecified atom stereocenters. The fourth-order valence-corrected chi connectivity index (χ4v) is 3.68. The first-order valence-electron chi connectivity index (χ1n) is 8.29. The Hall–Kier alpha value is -0.610. The molecule has 3 N–H and O–H groups in total. The average molecular weight is 282 g/mol. The number of rotatable bonds is 5. The standard InChI is InChI=1S/C16H30N2O2/c1-3-13-6-9-15(20,10-7-13)12-17-14(19)16(4-2)8-5-11-18-16/h13,18,20H,3-12H2,1-2H3,(H,17,19). The Bertz CT molecular complexity index is 329. The highest BCUT2D eigenvalue weighted by atomic mass is 16.3. The molecule has 0 aromatic rings. The number of hydrogen-bond donors (Lipinski definition) is 3. The summed E-state index contributed by atoms with van der Waals surface area (Å²) in [7, 11) is 0. The molecule has 1 aliphatic carbocycles. The number of nitrogens with one attached hydrogen (secondary N) is 2. The molecule has 2 fully saturated rings. The summed E-state index contributed by atoms with van der Waals surface area (Å²) in [5.41, 5.74) is -1.08. The number of carbonyl (C=O) groups excluding carboxylic acids is 1. The minimum Gasteiger partial charge on any atom is -0.388 e. The van der Waals surface area contributed by atoms with Gasteiger partial charge in [-0.2, -0.15) is 0 Å². The van der Waals surface area contributed by atoms with Crippen molar-refractivity contribution < 1.29 is 9.90 Å². The van der Waals surface area contributed by atoms with Crippen molar-refractivity contribution in [2.24, 2.45) is 5.92 Å². The number of aliphatic hydroxyl groups is 1. The second kappa shape index (κ2) is 6.44. The van der Waals surface area contributed by atoms with E-state index in [4.69, 9.17) is 0 Å². The number of hydrogen-bond acceptors (Lipinski definition) is 3. The van der Waals surface area contributed by atoms with Gasteiger partial charge in [0.1, 0.15) is 0 Å². The molecule has 116 valence electrons. The van der Waals surface area contributed by atoms with Crippen molar-refractivity contribution in [2.75, 3.05) is 13.1 Å². The quantitative estimate of drug-likeness (QED) is 0.722. The molecule has 0 aromatic carbocycles. The Morgan fingerprint density at radius 2 is 2.00 bits per heavy atom. The van der Waals surface area contributed by atoms with Crippen molar-refractivity contribution in [3.8, 4) is 0 Å². The van der Waals surface area contributed by atoms with Crippen molar-refractivity contribution in [2.45, 2.75) is 76.4 Å². The van der Waals surface area contributed by atoms with E-state index in [1.807, 2.05) is 0 Å². The average Bonchev–Trinajstić information content (AvgIpc) is 2.96. The van der Waals surface area contributed by atoms with E-state index in [0.717, 1.165) is 57.4 Å². The number of carbonyl (C=O) groups is 1. The summed E-state index contributed by atoms with van der Waals surface area (Å²) in [4.78, 5) is 12.4. The molecule has 4 heteroatoms. The van der Waals surface area contributed by atoms with Gasteiger partial charge in [0.05, 0.1) is 11.1 Å². The zero-order valence-corrected chi connectivity index (χ0v) is 13.0. The molecule has 0 radical (unpaired) electrons. The van der Waals surface area contributed by atoms with Crippen LogP contribution in [0.15, 0.2) is 0 Å². The molecular weight excluding hydrogens is 252 g/mol. The van der Waals surface area contributed by atoms with Crippen LogP contribution in [0.5, 0.6) is 0 Å². The van der Waals surface area contributed by atoms with Gasteiger partial charge in [0.15, 0.2) is 0 Å². The van der Waals surface area contributed by atoms with Gasteiger partial charge < -0.3 is 15.7 Å². The predicted octanol–water partition coefficient (Wildman–Crippen LogP) is 1.97. The van der Waals surface area contributed by atoms with Crippen LogP contribution in [0.2, 0.25) is 0 Å².